The maximum absolute atomic E-state index is 5.47. The van der Waals surface area contributed by atoms with Gasteiger partial charge in [-0.05, 0) is 11.5 Å². The summed E-state index contributed by atoms with van der Waals surface area (Å²) in [4.78, 5) is 0. The third-order valence-corrected chi connectivity index (χ3v) is 1.89. The minimum absolute atomic E-state index is 0.213. The van der Waals surface area contributed by atoms with Crippen molar-refractivity contribution in [3.63, 3.8) is 0 Å². The van der Waals surface area contributed by atoms with Crippen LogP contribution in [-0.2, 0) is 5.88 Å². The Morgan fingerprint density at radius 3 is 2.92 bits per heavy atom. The Kier molecular flexibility index (Phi) is 2.01. The third kappa shape index (κ3) is 1.30. The van der Waals surface area contributed by atoms with Crippen LogP contribution in [0.25, 0.3) is 11.6 Å². The van der Waals surface area contributed by atoms with Crippen molar-refractivity contribution in [1.29, 1.82) is 0 Å². The summed E-state index contributed by atoms with van der Waals surface area (Å²) in [5.41, 5.74) is 0.587. The van der Waals surface area contributed by atoms with Gasteiger partial charge in [0.25, 0.3) is 5.89 Å². The summed E-state index contributed by atoms with van der Waals surface area (Å²) in [5, 5.41) is 12.9. The van der Waals surface area contributed by atoms with E-state index in [0.29, 0.717) is 17.5 Å². The predicted octanol–water partition coefficient (Wildman–Crippen LogP) is 1.33. The lowest BCUT2D eigenvalue weighted by molar-refractivity contribution is 0.525. The molecule has 2 heterocycles. The van der Waals surface area contributed by atoms with E-state index in [2.05, 4.69) is 19.8 Å². The van der Waals surface area contributed by atoms with Crippen LogP contribution >= 0.6 is 23.1 Å². The molecule has 0 aliphatic carbocycles. The predicted molar refractivity (Wildman–Crippen MR) is 42.8 cm³/mol. The molecule has 0 saturated carbocycles. The largest absolute Gasteiger partial charge is 0.418 e. The molecule has 2 rings (SSSR count). The van der Waals surface area contributed by atoms with Crippen LogP contribution in [0.4, 0.5) is 0 Å². The van der Waals surface area contributed by atoms with E-state index in [9.17, 15) is 0 Å². The SMILES string of the molecule is ClCc1nnc(-c2csnn2)o1. The molecule has 0 aromatic carbocycles. The number of hydrogen-bond acceptors (Lipinski definition) is 6. The van der Waals surface area contributed by atoms with E-state index >= 15 is 0 Å². The summed E-state index contributed by atoms with van der Waals surface area (Å²) in [6.07, 6.45) is 0. The molecule has 0 saturated heterocycles. The second-order valence-corrected chi connectivity index (χ2v) is 2.80. The van der Waals surface area contributed by atoms with Gasteiger partial charge < -0.3 is 4.42 Å². The Morgan fingerprint density at radius 2 is 2.33 bits per heavy atom. The van der Waals surface area contributed by atoms with Crippen LogP contribution in [0.1, 0.15) is 5.89 Å². The van der Waals surface area contributed by atoms with Gasteiger partial charge in [-0.3, -0.25) is 0 Å². The smallest absolute Gasteiger partial charge is 0.269 e. The zero-order valence-electron chi connectivity index (χ0n) is 5.77. The average molecular weight is 203 g/mol. The molecule has 7 heteroatoms. The standard InChI is InChI=1S/C5H3ClN4OS/c6-1-4-8-9-5(11-4)3-2-12-10-7-3/h2H,1H2. The van der Waals surface area contributed by atoms with E-state index in [0.717, 1.165) is 0 Å². The summed E-state index contributed by atoms with van der Waals surface area (Å²) < 4.78 is 8.79. The van der Waals surface area contributed by atoms with E-state index in [1.165, 1.54) is 11.5 Å². The minimum atomic E-state index is 0.213. The van der Waals surface area contributed by atoms with Crippen LogP contribution in [0.5, 0.6) is 0 Å². The number of aromatic nitrogens is 4. The maximum Gasteiger partial charge on any atom is 0.269 e. The first-order valence-electron chi connectivity index (χ1n) is 3.06. The van der Waals surface area contributed by atoms with Gasteiger partial charge in [0.15, 0.2) is 5.69 Å². The van der Waals surface area contributed by atoms with Crippen LogP contribution in [-0.4, -0.2) is 19.8 Å². The van der Waals surface area contributed by atoms with Crippen molar-refractivity contribution >= 4 is 23.1 Å². The highest BCUT2D eigenvalue weighted by atomic mass is 35.5. The quantitative estimate of drug-likeness (QED) is 0.688. The molecule has 0 fully saturated rings. The average Bonchev–Trinajstić information content (AvgIpc) is 2.75. The zero-order valence-corrected chi connectivity index (χ0v) is 7.34. The highest BCUT2D eigenvalue weighted by Gasteiger charge is 2.09. The molecule has 12 heavy (non-hydrogen) atoms. The van der Waals surface area contributed by atoms with Gasteiger partial charge in [0, 0.05) is 5.38 Å². The first kappa shape index (κ1) is 7.63. The molecule has 0 atom stereocenters. The fourth-order valence-electron chi connectivity index (χ4n) is 0.669. The topological polar surface area (TPSA) is 64.7 Å². The Hall–Kier alpha value is -1.01. The number of nitrogens with zero attached hydrogens (tertiary/aromatic N) is 4. The summed E-state index contributed by atoms with van der Waals surface area (Å²) in [6.45, 7) is 0. The monoisotopic (exact) mass is 202 g/mol. The Labute approximate surface area is 76.5 Å². The lowest BCUT2D eigenvalue weighted by Crippen LogP contribution is -1.76. The number of rotatable bonds is 2. The molecule has 0 spiro atoms. The molecule has 0 unspecified atom stereocenters. The second-order valence-electron chi connectivity index (χ2n) is 1.92. The summed E-state index contributed by atoms with van der Waals surface area (Å²) >= 11 is 6.70. The molecule has 0 radical (unpaired) electrons. The first-order chi connectivity index (χ1) is 5.90. The highest BCUT2D eigenvalue weighted by Crippen LogP contribution is 2.15. The Bertz CT molecular complexity index is 359. The molecular formula is C5H3ClN4OS. The van der Waals surface area contributed by atoms with Crippen LogP contribution < -0.4 is 0 Å². The number of halogens is 1. The van der Waals surface area contributed by atoms with Crippen molar-refractivity contribution in [3.05, 3.63) is 11.3 Å². The Balaban J connectivity index is 2.35. The first-order valence-corrected chi connectivity index (χ1v) is 4.43. The summed E-state index contributed by atoms with van der Waals surface area (Å²) in [5.74, 6) is 0.962. The number of alkyl halides is 1. The molecule has 0 aliphatic rings. The van der Waals surface area contributed by atoms with Crippen LogP contribution in [0.15, 0.2) is 9.80 Å². The molecule has 0 amide bonds. The van der Waals surface area contributed by atoms with Crippen LogP contribution in [0.2, 0.25) is 0 Å². The zero-order chi connectivity index (χ0) is 8.39. The fraction of sp³-hybridized carbons (Fsp3) is 0.200. The van der Waals surface area contributed by atoms with Gasteiger partial charge in [-0.25, -0.2) is 0 Å². The van der Waals surface area contributed by atoms with Crippen molar-refractivity contribution in [1.82, 2.24) is 19.8 Å². The third-order valence-electron chi connectivity index (χ3n) is 1.16. The molecule has 2 aromatic rings. The molecule has 5 nitrogen and oxygen atoms in total. The van der Waals surface area contributed by atoms with Gasteiger partial charge in [-0.15, -0.1) is 26.9 Å². The van der Waals surface area contributed by atoms with Crippen molar-refractivity contribution in [2.75, 3.05) is 0 Å². The fourth-order valence-corrected chi connectivity index (χ4v) is 1.21. The van der Waals surface area contributed by atoms with Gasteiger partial charge >= 0.3 is 0 Å². The van der Waals surface area contributed by atoms with Gasteiger partial charge in [0.05, 0.1) is 0 Å². The molecule has 0 N–H and O–H groups in total. The van der Waals surface area contributed by atoms with Gasteiger partial charge in [-0.2, -0.15) is 0 Å². The van der Waals surface area contributed by atoms with E-state index in [4.69, 9.17) is 16.0 Å². The van der Waals surface area contributed by atoms with Crippen molar-refractivity contribution in [2.24, 2.45) is 0 Å². The van der Waals surface area contributed by atoms with E-state index in [1.807, 2.05) is 0 Å². The molecule has 2 aromatic heterocycles. The Morgan fingerprint density at radius 1 is 1.42 bits per heavy atom. The van der Waals surface area contributed by atoms with Gasteiger partial charge in [0.2, 0.25) is 5.89 Å². The van der Waals surface area contributed by atoms with E-state index < -0.39 is 0 Å². The minimum Gasteiger partial charge on any atom is -0.418 e. The van der Waals surface area contributed by atoms with Crippen molar-refractivity contribution < 1.29 is 4.42 Å². The lowest BCUT2D eigenvalue weighted by atomic mass is 10.5. The second kappa shape index (κ2) is 3.16. The van der Waals surface area contributed by atoms with Crippen molar-refractivity contribution in [3.8, 4) is 11.6 Å². The van der Waals surface area contributed by atoms with Gasteiger partial charge in [-0.1, -0.05) is 4.49 Å². The van der Waals surface area contributed by atoms with Crippen molar-refractivity contribution in [2.45, 2.75) is 5.88 Å². The van der Waals surface area contributed by atoms with Gasteiger partial charge in [0.1, 0.15) is 5.88 Å². The highest BCUT2D eigenvalue weighted by molar-refractivity contribution is 7.03. The molecule has 62 valence electrons. The lowest BCUT2D eigenvalue weighted by Gasteiger charge is -1.81. The molecular weight excluding hydrogens is 200 g/mol. The normalized spacial score (nSPS) is 10.4. The maximum atomic E-state index is 5.47. The molecule has 0 aliphatic heterocycles. The number of hydrogen-bond donors (Lipinski definition) is 0. The van der Waals surface area contributed by atoms with Crippen LogP contribution in [0, 0.1) is 0 Å². The summed E-state index contributed by atoms with van der Waals surface area (Å²) in [7, 11) is 0. The molecule has 0 bridgehead atoms. The summed E-state index contributed by atoms with van der Waals surface area (Å²) in [6, 6.07) is 0. The van der Waals surface area contributed by atoms with Crippen LogP contribution in [0.3, 0.4) is 0 Å². The van der Waals surface area contributed by atoms with E-state index in [1.54, 1.807) is 5.38 Å². The van der Waals surface area contributed by atoms with E-state index in [-0.39, 0.29) is 5.88 Å².